The molecule has 0 saturated carbocycles. The summed E-state index contributed by atoms with van der Waals surface area (Å²) in [6.07, 6.45) is 3.93. The first-order valence-corrected chi connectivity index (χ1v) is 9.93. The average molecular weight is 415 g/mol. The fraction of sp³-hybridized carbons (Fsp3) is 0.550. The minimum Gasteiger partial charge on any atom is -0.300 e. The van der Waals surface area contributed by atoms with Crippen molar-refractivity contribution in [2.24, 2.45) is 5.41 Å². The van der Waals surface area contributed by atoms with Crippen LogP contribution in [0.4, 0.5) is 0 Å². The van der Waals surface area contributed by atoms with Gasteiger partial charge >= 0.3 is 5.97 Å². The Hall–Kier alpha value is -1.59. The van der Waals surface area contributed by atoms with Crippen LogP contribution in [-0.2, 0) is 20.9 Å². The van der Waals surface area contributed by atoms with Gasteiger partial charge in [-0.1, -0.05) is 49.9 Å². The van der Waals surface area contributed by atoms with Crippen LogP contribution in [0.5, 0.6) is 5.75 Å². The van der Waals surface area contributed by atoms with E-state index in [4.69, 9.17) is 28.1 Å². The fourth-order valence-electron chi connectivity index (χ4n) is 3.42. The van der Waals surface area contributed by atoms with Gasteiger partial charge in [0.25, 0.3) is 0 Å². The predicted molar refractivity (Wildman–Crippen MR) is 103 cm³/mol. The highest BCUT2D eigenvalue weighted by molar-refractivity contribution is 6.45. The first kappa shape index (κ1) is 21.7. The summed E-state index contributed by atoms with van der Waals surface area (Å²) in [7, 11) is 0. The van der Waals surface area contributed by atoms with E-state index in [1.54, 1.807) is 13.0 Å². The lowest BCUT2D eigenvalue weighted by Gasteiger charge is -2.27. The molecule has 1 aromatic carbocycles. The lowest BCUT2D eigenvalue weighted by atomic mass is 9.75. The van der Waals surface area contributed by atoms with Gasteiger partial charge in [-0.15, -0.1) is 0 Å². The van der Waals surface area contributed by atoms with Crippen LogP contribution in [0.1, 0.15) is 75.2 Å². The van der Waals surface area contributed by atoms with Crippen LogP contribution in [0.3, 0.4) is 0 Å². The largest absolute Gasteiger partial charge is 0.355 e. The molecule has 0 N–H and O–H groups in total. The quantitative estimate of drug-likeness (QED) is 0.392. The molecular weight excluding hydrogens is 391 g/mol. The van der Waals surface area contributed by atoms with Crippen molar-refractivity contribution in [1.82, 2.24) is 0 Å². The van der Waals surface area contributed by atoms with Crippen molar-refractivity contribution in [1.29, 1.82) is 0 Å². The summed E-state index contributed by atoms with van der Waals surface area (Å²) in [5, 5.41) is 0.133. The van der Waals surface area contributed by atoms with Crippen LogP contribution in [0.15, 0.2) is 6.07 Å². The van der Waals surface area contributed by atoms with Crippen molar-refractivity contribution in [2.75, 3.05) is 0 Å². The topological polar surface area (TPSA) is 69.7 Å². The smallest absolute Gasteiger partial charge is 0.300 e. The number of carbonyl (C=O) groups excluding carboxylic acids is 3. The van der Waals surface area contributed by atoms with Gasteiger partial charge < -0.3 is 4.79 Å². The molecule has 0 bridgehead atoms. The molecule has 1 aliphatic carbocycles. The summed E-state index contributed by atoms with van der Waals surface area (Å²) in [6.45, 7) is 5.22. The molecule has 0 heterocycles. The normalized spacial score (nSPS) is 18.3. The van der Waals surface area contributed by atoms with E-state index in [0.29, 0.717) is 36.8 Å². The molecule has 0 aromatic heterocycles. The minimum absolute atomic E-state index is 0.0329. The highest BCUT2D eigenvalue weighted by Crippen LogP contribution is 2.50. The third-order valence-corrected chi connectivity index (χ3v) is 5.82. The van der Waals surface area contributed by atoms with Gasteiger partial charge in [-0.3, -0.25) is 14.6 Å². The average Bonchev–Trinajstić information content (AvgIpc) is 2.92. The molecule has 1 aromatic rings. The number of Topliss-reactive ketones (excluding diaryl/α,β-unsaturated/α-hetero) is 2. The standard InChI is InChI=1S/C20H24Cl2O5/c1-4-6-8-20(9-7-12(3)23)11-13-10-14(26-27-15(24)5-2)17(21)18(22)16(13)19(20)25/h10H,4-9,11H2,1-3H3. The van der Waals surface area contributed by atoms with E-state index in [1.807, 2.05) is 0 Å². The molecule has 1 aliphatic rings. The number of hydrogen-bond acceptors (Lipinski definition) is 5. The second kappa shape index (κ2) is 9.07. The summed E-state index contributed by atoms with van der Waals surface area (Å²) in [5.74, 6) is -0.462. The molecule has 7 heteroatoms. The maximum absolute atomic E-state index is 13.3. The molecule has 2 rings (SSSR count). The van der Waals surface area contributed by atoms with E-state index in [2.05, 4.69) is 11.8 Å². The second-order valence-electron chi connectivity index (χ2n) is 7.02. The Balaban J connectivity index is 2.38. The van der Waals surface area contributed by atoms with Gasteiger partial charge in [-0.05, 0) is 37.8 Å². The third kappa shape index (κ3) is 4.64. The van der Waals surface area contributed by atoms with Crippen molar-refractivity contribution >= 4 is 40.7 Å². The van der Waals surface area contributed by atoms with Crippen LogP contribution in [0.2, 0.25) is 10.0 Å². The van der Waals surface area contributed by atoms with Gasteiger partial charge in [0.15, 0.2) is 11.5 Å². The number of unbranched alkanes of at least 4 members (excludes halogenated alkanes) is 1. The van der Waals surface area contributed by atoms with E-state index in [9.17, 15) is 14.4 Å². The Morgan fingerprint density at radius 1 is 1.19 bits per heavy atom. The highest BCUT2D eigenvalue weighted by Gasteiger charge is 2.46. The van der Waals surface area contributed by atoms with Gasteiger partial charge in [0.2, 0.25) is 0 Å². The summed E-state index contributed by atoms with van der Waals surface area (Å²) >= 11 is 12.6. The SMILES string of the molecule is CCCCC1(CCC(C)=O)Cc2cc(OOC(=O)CC)c(Cl)c(Cl)c2C1=O. The molecule has 27 heavy (non-hydrogen) atoms. The Kier molecular flexibility index (Phi) is 7.29. The predicted octanol–water partition coefficient (Wildman–Crippen LogP) is 5.53. The number of halogens is 2. The Bertz CT molecular complexity index is 759. The molecule has 0 spiro atoms. The number of ketones is 2. The maximum atomic E-state index is 13.3. The van der Waals surface area contributed by atoms with Crippen molar-refractivity contribution in [3.8, 4) is 5.75 Å². The van der Waals surface area contributed by atoms with E-state index >= 15 is 0 Å². The van der Waals surface area contributed by atoms with Crippen LogP contribution < -0.4 is 4.89 Å². The van der Waals surface area contributed by atoms with Gasteiger partial charge in [0.05, 0.1) is 5.02 Å². The number of benzene rings is 1. The van der Waals surface area contributed by atoms with Crippen LogP contribution in [-0.4, -0.2) is 17.5 Å². The van der Waals surface area contributed by atoms with E-state index in [0.717, 1.165) is 12.8 Å². The summed E-state index contributed by atoms with van der Waals surface area (Å²) < 4.78 is 0. The Labute approximate surface area is 169 Å². The molecule has 1 atom stereocenters. The molecule has 0 amide bonds. The molecule has 5 nitrogen and oxygen atoms in total. The summed E-state index contributed by atoms with van der Waals surface area (Å²) in [6, 6.07) is 1.60. The molecule has 0 radical (unpaired) electrons. The first-order chi connectivity index (χ1) is 12.8. The lowest BCUT2D eigenvalue weighted by molar-refractivity contribution is -0.213. The molecular formula is C20H24Cl2O5. The fourth-order valence-corrected chi connectivity index (χ4v) is 3.90. The van der Waals surface area contributed by atoms with Gasteiger partial charge in [-0.25, -0.2) is 4.79 Å². The van der Waals surface area contributed by atoms with Gasteiger partial charge in [0, 0.05) is 23.8 Å². The molecule has 0 saturated heterocycles. The Morgan fingerprint density at radius 2 is 1.89 bits per heavy atom. The molecule has 0 aliphatic heterocycles. The van der Waals surface area contributed by atoms with Crippen molar-refractivity contribution < 1.29 is 24.2 Å². The van der Waals surface area contributed by atoms with E-state index in [1.165, 1.54) is 6.92 Å². The van der Waals surface area contributed by atoms with Crippen molar-refractivity contribution in [3.05, 3.63) is 27.2 Å². The summed E-state index contributed by atoms with van der Waals surface area (Å²) in [4.78, 5) is 45.8. The highest BCUT2D eigenvalue weighted by atomic mass is 35.5. The number of carbonyl (C=O) groups is 3. The Morgan fingerprint density at radius 3 is 2.48 bits per heavy atom. The van der Waals surface area contributed by atoms with E-state index in [-0.39, 0.29) is 33.8 Å². The third-order valence-electron chi connectivity index (χ3n) is 4.97. The lowest BCUT2D eigenvalue weighted by Crippen LogP contribution is -2.29. The zero-order valence-corrected chi connectivity index (χ0v) is 17.3. The second-order valence-corrected chi connectivity index (χ2v) is 7.78. The number of rotatable bonds is 9. The zero-order valence-electron chi connectivity index (χ0n) is 15.8. The minimum atomic E-state index is -0.657. The van der Waals surface area contributed by atoms with Crippen LogP contribution in [0, 0.1) is 5.41 Å². The van der Waals surface area contributed by atoms with Crippen LogP contribution >= 0.6 is 23.2 Å². The van der Waals surface area contributed by atoms with Crippen molar-refractivity contribution in [2.45, 2.75) is 65.7 Å². The number of hydrogen-bond donors (Lipinski definition) is 0. The monoisotopic (exact) mass is 414 g/mol. The van der Waals surface area contributed by atoms with Crippen molar-refractivity contribution in [3.63, 3.8) is 0 Å². The molecule has 148 valence electrons. The maximum Gasteiger partial charge on any atom is 0.355 e. The summed E-state index contributed by atoms with van der Waals surface area (Å²) in [5.41, 5.74) is 0.433. The van der Waals surface area contributed by atoms with Crippen LogP contribution in [0.25, 0.3) is 0 Å². The van der Waals surface area contributed by atoms with E-state index < -0.39 is 11.4 Å². The van der Waals surface area contributed by atoms with Gasteiger partial charge in [-0.2, -0.15) is 0 Å². The first-order valence-electron chi connectivity index (χ1n) is 9.18. The molecule has 0 fully saturated rings. The molecule has 1 unspecified atom stereocenters. The van der Waals surface area contributed by atoms with Gasteiger partial charge in [0.1, 0.15) is 10.8 Å². The zero-order chi connectivity index (χ0) is 20.2. The number of fused-ring (bicyclic) bond motifs is 1.